The van der Waals surface area contributed by atoms with Crippen molar-refractivity contribution in [3.8, 4) is 6.07 Å². The quantitative estimate of drug-likeness (QED) is 0.712. The molecule has 1 aromatic heterocycles. The van der Waals surface area contributed by atoms with Crippen LogP contribution in [0.5, 0.6) is 0 Å². The number of nitrogens with zero attached hydrogens (tertiary/aromatic N) is 3. The third-order valence-electron chi connectivity index (χ3n) is 2.42. The molecule has 0 radical (unpaired) electrons. The van der Waals surface area contributed by atoms with Gasteiger partial charge in [-0.25, -0.2) is 0 Å². The van der Waals surface area contributed by atoms with Gasteiger partial charge in [-0.1, -0.05) is 0 Å². The number of carbonyl (C=O) groups is 2. The molecule has 0 bridgehead atoms. The van der Waals surface area contributed by atoms with Crippen LogP contribution in [0.15, 0.2) is 24.5 Å². The lowest BCUT2D eigenvalue weighted by Gasteiger charge is -2.04. The highest BCUT2D eigenvalue weighted by atomic mass is 16.2. The summed E-state index contributed by atoms with van der Waals surface area (Å²) in [6, 6.07) is 4.78. The van der Waals surface area contributed by atoms with Crippen LogP contribution in [-0.4, -0.2) is 40.8 Å². The molecule has 86 valence electrons. The fourth-order valence-corrected chi connectivity index (χ4v) is 1.39. The van der Waals surface area contributed by atoms with Gasteiger partial charge in [-0.05, 0) is 12.1 Å². The maximum Gasteiger partial charge on any atom is 0.251 e. The van der Waals surface area contributed by atoms with Gasteiger partial charge < -0.3 is 10.2 Å². The number of carbonyl (C=O) groups excluding carboxylic acids is 2. The summed E-state index contributed by atoms with van der Waals surface area (Å²) in [5, 5.41) is 11.0. The van der Waals surface area contributed by atoms with Crippen LogP contribution in [0.4, 0.5) is 0 Å². The number of nitriles is 1. The summed E-state index contributed by atoms with van der Waals surface area (Å²) in [4.78, 5) is 28.2. The molecule has 0 aliphatic carbocycles. The first kappa shape index (κ1) is 11.1. The van der Waals surface area contributed by atoms with E-state index in [1.54, 1.807) is 12.1 Å². The van der Waals surface area contributed by atoms with Crippen LogP contribution in [0, 0.1) is 11.3 Å². The molecule has 1 aliphatic heterocycles. The van der Waals surface area contributed by atoms with E-state index >= 15 is 0 Å². The van der Waals surface area contributed by atoms with E-state index in [9.17, 15) is 9.59 Å². The Morgan fingerprint density at radius 2 is 2.24 bits per heavy atom. The van der Waals surface area contributed by atoms with Gasteiger partial charge in [0.25, 0.3) is 5.91 Å². The van der Waals surface area contributed by atoms with Crippen molar-refractivity contribution in [2.24, 2.45) is 0 Å². The minimum Gasteiger partial charge on any atom is -0.343 e. The largest absolute Gasteiger partial charge is 0.343 e. The third kappa shape index (κ3) is 2.58. The van der Waals surface area contributed by atoms with E-state index in [1.165, 1.54) is 17.3 Å². The topological polar surface area (TPSA) is 85.9 Å². The van der Waals surface area contributed by atoms with Crippen LogP contribution in [0.25, 0.3) is 0 Å². The molecule has 0 spiro atoms. The lowest BCUT2D eigenvalue weighted by atomic mass is 10.2. The van der Waals surface area contributed by atoms with Gasteiger partial charge in [0.2, 0.25) is 5.91 Å². The molecule has 1 aliphatic rings. The van der Waals surface area contributed by atoms with Crippen LogP contribution in [0.3, 0.4) is 0 Å². The van der Waals surface area contributed by atoms with Crippen LogP contribution >= 0.6 is 0 Å². The molecule has 1 saturated heterocycles. The summed E-state index contributed by atoms with van der Waals surface area (Å²) < 4.78 is 0. The maximum atomic E-state index is 11.6. The van der Waals surface area contributed by atoms with Gasteiger partial charge in [0.05, 0.1) is 19.2 Å². The fourth-order valence-electron chi connectivity index (χ4n) is 1.39. The van der Waals surface area contributed by atoms with Crippen molar-refractivity contribution in [3.05, 3.63) is 30.1 Å². The van der Waals surface area contributed by atoms with E-state index in [-0.39, 0.29) is 24.4 Å². The van der Waals surface area contributed by atoms with E-state index in [0.29, 0.717) is 12.1 Å². The molecule has 1 atom stereocenters. The Morgan fingerprint density at radius 3 is 2.82 bits per heavy atom. The predicted molar refractivity (Wildman–Crippen MR) is 57.7 cm³/mol. The van der Waals surface area contributed by atoms with Crippen molar-refractivity contribution >= 4 is 11.8 Å². The van der Waals surface area contributed by atoms with Crippen LogP contribution in [-0.2, 0) is 4.79 Å². The van der Waals surface area contributed by atoms with Crippen molar-refractivity contribution in [3.63, 3.8) is 0 Å². The van der Waals surface area contributed by atoms with Gasteiger partial charge in [-0.3, -0.25) is 14.6 Å². The van der Waals surface area contributed by atoms with Crippen LogP contribution < -0.4 is 5.32 Å². The second-order valence-electron chi connectivity index (χ2n) is 3.61. The average molecular weight is 230 g/mol. The molecule has 17 heavy (non-hydrogen) atoms. The number of nitrogens with one attached hydrogen (secondary N) is 1. The number of amides is 2. The van der Waals surface area contributed by atoms with Gasteiger partial charge in [0.15, 0.2) is 0 Å². The van der Waals surface area contributed by atoms with Crippen molar-refractivity contribution in [2.75, 3.05) is 13.1 Å². The normalized spacial score (nSPS) is 17.1. The van der Waals surface area contributed by atoms with Crippen molar-refractivity contribution in [2.45, 2.75) is 6.04 Å². The van der Waals surface area contributed by atoms with E-state index in [2.05, 4.69) is 10.3 Å². The molecule has 1 fully saturated rings. The second-order valence-corrected chi connectivity index (χ2v) is 3.61. The summed E-state index contributed by atoms with van der Waals surface area (Å²) in [6.45, 7) is 0.375. The molecule has 0 aromatic carbocycles. The zero-order valence-electron chi connectivity index (χ0n) is 8.96. The van der Waals surface area contributed by atoms with Gasteiger partial charge in [0, 0.05) is 18.0 Å². The molecular formula is C11H10N4O2. The van der Waals surface area contributed by atoms with Gasteiger partial charge in [0.1, 0.15) is 6.04 Å². The Balaban J connectivity index is 1.82. The zero-order valence-corrected chi connectivity index (χ0v) is 8.96. The van der Waals surface area contributed by atoms with Gasteiger partial charge >= 0.3 is 0 Å². The SMILES string of the molecule is N#CC1CN1C(=O)CNC(=O)c1ccncc1. The summed E-state index contributed by atoms with van der Waals surface area (Å²) in [5.74, 6) is -0.560. The minimum absolute atomic E-state index is 0.0840. The molecule has 1 aromatic rings. The standard InChI is InChI=1S/C11H10N4O2/c12-5-9-7-15(9)10(16)6-14-11(17)8-1-3-13-4-2-8/h1-4,9H,6-7H2,(H,14,17). The molecule has 6 nitrogen and oxygen atoms in total. The van der Waals surface area contributed by atoms with Crippen molar-refractivity contribution in [1.29, 1.82) is 5.26 Å². The summed E-state index contributed by atoms with van der Waals surface area (Å²) in [5.41, 5.74) is 0.454. The summed E-state index contributed by atoms with van der Waals surface area (Å²) >= 11 is 0. The molecule has 1 N–H and O–H groups in total. The summed E-state index contributed by atoms with van der Waals surface area (Å²) in [6.07, 6.45) is 3.01. The average Bonchev–Trinajstić information content (AvgIpc) is 3.16. The third-order valence-corrected chi connectivity index (χ3v) is 2.42. The monoisotopic (exact) mass is 230 g/mol. The summed E-state index contributed by atoms with van der Waals surface area (Å²) in [7, 11) is 0. The van der Waals surface area contributed by atoms with Crippen LogP contribution in [0.2, 0.25) is 0 Å². The Morgan fingerprint density at radius 1 is 1.53 bits per heavy atom. The molecule has 1 unspecified atom stereocenters. The Labute approximate surface area is 97.9 Å². The Hall–Kier alpha value is -2.42. The zero-order chi connectivity index (χ0) is 12.3. The minimum atomic E-state index is -0.323. The van der Waals surface area contributed by atoms with E-state index in [1.807, 2.05) is 6.07 Å². The van der Waals surface area contributed by atoms with Gasteiger partial charge in [-0.2, -0.15) is 5.26 Å². The van der Waals surface area contributed by atoms with E-state index < -0.39 is 0 Å². The number of aromatic nitrogens is 1. The number of hydrogen-bond donors (Lipinski definition) is 1. The van der Waals surface area contributed by atoms with Crippen LogP contribution in [0.1, 0.15) is 10.4 Å². The molecule has 2 rings (SSSR count). The smallest absolute Gasteiger partial charge is 0.251 e. The predicted octanol–water partition coefficient (Wildman–Crippen LogP) is -0.454. The Bertz CT molecular complexity index is 480. The molecular weight excluding hydrogens is 220 g/mol. The number of pyridine rings is 1. The lowest BCUT2D eigenvalue weighted by Crippen LogP contribution is -2.33. The number of hydrogen-bond acceptors (Lipinski definition) is 4. The van der Waals surface area contributed by atoms with E-state index in [4.69, 9.17) is 5.26 Å². The maximum absolute atomic E-state index is 11.6. The first-order chi connectivity index (χ1) is 8.22. The van der Waals surface area contributed by atoms with Crippen molar-refractivity contribution in [1.82, 2.24) is 15.2 Å². The van der Waals surface area contributed by atoms with Gasteiger partial charge in [-0.15, -0.1) is 0 Å². The van der Waals surface area contributed by atoms with E-state index in [0.717, 1.165) is 0 Å². The highest BCUT2D eigenvalue weighted by Gasteiger charge is 2.38. The fraction of sp³-hybridized carbons (Fsp3) is 0.273. The highest BCUT2D eigenvalue weighted by molar-refractivity contribution is 5.96. The number of rotatable bonds is 3. The molecule has 0 saturated carbocycles. The first-order valence-corrected chi connectivity index (χ1v) is 5.09. The second kappa shape index (κ2) is 4.61. The lowest BCUT2D eigenvalue weighted by molar-refractivity contribution is -0.124. The molecule has 2 amide bonds. The van der Waals surface area contributed by atoms with Crippen molar-refractivity contribution < 1.29 is 9.59 Å². The Kier molecular flexibility index (Phi) is 3.01. The highest BCUT2D eigenvalue weighted by Crippen LogP contribution is 2.15. The first-order valence-electron chi connectivity index (χ1n) is 5.09. The molecule has 6 heteroatoms. The molecule has 2 heterocycles.